The Labute approximate surface area is 134 Å². The Bertz CT molecular complexity index is 789. The van der Waals surface area contributed by atoms with Crippen LogP contribution in [0.3, 0.4) is 0 Å². The van der Waals surface area contributed by atoms with Gasteiger partial charge >= 0.3 is 0 Å². The van der Waals surface area contributed by atoms with Crippen molar-refractivity contribution in [2.24, 2.45) is 0 Å². The first-order chi connectivity index (χ1) is 11.2. The molecular weight excluding hydrogens is 292 g/mol. The van der Waals surface area contributed by atoms with E-state index in [1.807, 2.05) is 24.3 Å². The standard InChI is InChI=1S/C19H16O4/c1-22-15-6-4-5-13(9-15)11-23-12-14-10-18(20)16-7-2-3-8-17(16)19(14)21/h2-10H,11-12H2,1H3. The highest BCUT2D eigenvalue weighted by atomic mass is 16.5. The second kappa shape index (κ2) is 6.58. The van der Waals surface area contributed by atoms with E-state index in [-0.39, 0.29) is 18.2 Å². The molecule has 1 aliphatic rings. The summed E-state index contributed by atoms with van der Waals surface area (Å²) < 4.78 is 10.8. The molecule has 4 heteroatoms. The molecule has 0 fully saturated rings. The van der Waals surface area contributed by atoms with E-state index in [1.54, 1.807) is 31.4 Å². The summed E-state index contributed by atoms with van der Waals surface area (Å²) in [6, 6.07) is 14.4. The number of Topliss-reactive ketones (excluding diaryl/α,β-unsaturated/α-hetero) is 1. The van der Waals surface area contributed by atoms with E-state index < -0.39 is 0 Å². The summed E-state index contributed by atoms with van der Waals surface area (Å²) in [6.07, 6.45) is 1.37. The third-order valence-corrected chi connectivity index (χ3v) is 3.69. The van der Waals surface area contributed by atoms with Crippen LogP contribution in [0, 0.1) is 0 Å². The molecule has 116 valence electrons. The lowest BCUT2D eigenvalue weighted by atomic mass is 9.90. The predicted molar refractivity (Wildman–Crippen MR) is 85.8 cm³/mol. The highest BCUT2D eigenvalue weighted by Gasteiger charge is 2.24. The lowest BCUT2D eigenvalue weighted by Crippen LogP contribution is -2.19. The SMILES string of the molecule is COc1cccc(COCC2=CC(=O)c3ccccc3C2=O)c1. The highest BCUT2D eigenvalue weighted by Crippen LogP contribution is 2.21. The Kier molecular flexibility index (Phi) is 4.35. The van der Waals surface area contributed by atoms with Crippen LogP contribution < -0.4 is 4.74 Å². The summed E-state index contributed by atoms with van der Waals surface area (Å²) in [5, 5.41) is 0. The van der Waals surface area contributed by atoms with E-state index in [9.17, 15) is 9.59 Å². The number of ketones is 2. The molecule has 0 unspecified atom stereocenters. The molecule has 0 bridgehead atoms. The fraction of sp³-hybridized carbons (Fsp3) is 0.158. The van der Waals surface area contributed by atoms with Gasteiger partial charge in [-0.1, -0.05) is 36.4 Å². The van der Waals surface area contributed by atoms with Gasteiger partial charge in [-0.15, -0.1) is 0 Å². The van der Waals surface area contributed by atoms with Crippen molar-refractivity contribution in [3.05, 3.63) is 76.9 Å². The zero-order valence-corrected chi connectivity index (χ0v) is 12.7. The van der Waals surface area contributed by atoms with Gasteiger partial charge < -0.3 is 9.47 Å². The number of allylic oxidation sites excluding steroid dienone is 1. The summed E-state index contributed by atoms with van der Waals surface area (Å²) >= 11 is 0. The van der Waals surface area contributed by atoms with Crippen LogP contribution in [0.2, 0.25) is 0 Å². The minimum atomic E-state index is -0.153. The van der Waals surface area contributed by atoms with Crippen molar-refractivity contribution in [1.82, 2.24) is 0 Å². The molecule has 0 heterocycles. The van der Waals surface area contributed by atoms with Crippen LogP contribution in [0.1, 0.15) is 26.3 Å². The number of methoxy groups -OCH3 is 1. The largest absolute Gasteiger partial charge is 0.497 e. The molecule has 2 aromatic carbocycles. The molecular formula is C19H16O4. The zero-order valence-electron chi connectivity index (χ0n) is 12.7. The normalized spacial score (nSPS) is 13.5. The lowest BCUT2D eigenvalue weighted by molar-refractivity contribution is 0.0933. The Morgan fingerprint density at radius 3 is 2.48 bits per heavy atom. The van der Waals surface area contributed by atoms with E-state index in [2.05, 4.69) is 0 Å². The van der Waals surface area contributed by atoms with Gasteiger partial charge in [-0.05, 0) is 23.8 Å². The first-order valence-electron chi connectivity index (χ1n) is 7.28. The fourth-order valence-corrected chi connectivity index (χ4v) is 2.52. The molecule has 0 spiro atoms. The van der Waals surface area contributed by atoms with Gasteiger partial charge in [0.15, 0.2) is 11.6 Å². The van der Waals surface area contributed by atoms with E-state index in [0.29, 0.717) is 23.3 Å². The minimum absolute atomic E-state index is 0.107. The van der Waals surface area contributed by atoms with Crippen molar-refractivity contribution in [2.45, 2.75) is 6.61 Å². The third kappa shape index (κ3) is 3.22. The van der Waals surface area contributed by atoms with Crippen molar-refractivity contribution < 1.29 is 19.1 Å². The second-order valence-electron chi connectivity index (χ2n) is 5.25. The van der Waals surface area contributed by atoms with Crippen molar-refractivity contribution in [2.75, 3.05) is 13.7 Å². The van der Waals surface area contributed by atoms with Gasteiger partial charge in [0.1, 0.15) is 5.75 Å². The van der Waals surface area contributed by atoms with Crippen LogP contribution >= 0.6 is 0 Å². The molecule has 0 radical (unpaired) electrons. The molecule has 1 aliphatic carbocycles. The van der Waals surface area contributed by atoms with Gasteiger partial charge in [-0.3, -0.25) is 9.59 Å². The maximum absolute atomic E-state index is 12.4. The van der Waals surface area contributed by atoms with E-state index >= 15 is 0 Å². The average Bonchev–Trinajstić information content (AvgIpc) is 2.59. The number of rotatable bonds is 5. The number of benzene rings is 2. The first kappa shape index (κ1) is 15.2. The quantitative estimate of drug-likeness (QED) is 0.851. The van der Waals surface area contributed by atoms with E-state index in [1.165, 1.54) is 6.08 Å². The molecule has 3 rings (SSSR count). The molecule has 0 N–H and O–H groups in total. The number of fused-ring (bicyclic) bond motifs is 1. The van der Waals surface area contributed by atoms with Gasteiger partial charge in [0.2, 0.25) is 0 Å². The Morgan fingerprint density at radius 1 is 0.913 bits per heavy atom. The smallest absolute Gasteiger partial charge is 0.192 e. The Hall–Kier alpha value is -2.72. The monoisotopic (exact) mass is 308 g/mol. The molecule has 23 heavy (non-hydrogen) atoms. The van der Waals surface area contributed by atoms with Crippen LogP contribution in [0.25, 0.3) is 0 Å². The summed E-state index contributed by atoms with van der Waals surface area (Å²) in [5.41, 5.74) is 2.23. The van der Waals surface area contributed by atoms with Gasteiger partial charge in [-0.25, -0.2) is 0 Å². The van der Waals surface area contributed by atoms with Gasteiger partial charge in [0.05, 0.1) is 20.3 Å². The molecule has 2 aromatic rings. The minimum Gasteiger partial charge on any atom is -0.497 e. The van der Waals surface area contributed by atoms with Gasteiger partial charge in [-0.2, -0.15) is 0 Å². The molecule has 0 saturated carbocycles. The van der Waals surface area contributed by atoms with Crippen LogP contribution in [0.15, 0.2) is 60.2 Å². The molecule has 0 atom stereocenters. The third-order valence-electron chi connectivity index (χ3n) is 3.69. The highest BCUT2D eigenvalue weighted by molar-refractivity contribution is 6.24. The molecule has 0 amide bonds. The van der Waals surface area contributed by atoms with Crippen LogP contribution in [-0.2, 0) is 11.3 Å². The van der Waals surface area contributed by atoms with Gasteiger partial charge in [0.25, 0.3) is 0 Å². The molecule has 0 aliphatic heterocycles. The number of carbonyl (C=O) groups is 2. The number of hydrogen-bond acceptors (Lipinski definition) is 4. The van der Waals surface area contributed by atoms with Crippen molar-refractivity contribution in [1.29, 1.82) is 0 Å². The summed E-state index contributed by atoms with van der Waals surface area (Å²) in [6.45, 7) is 0.452. The number of ether oxygens (including phenoxy) is 2. The topological polar surface area (TPSA) is 52.6 Å². The predicted octanol–water partition coefficient (Wildman–Crippen LogP) is 3.22. The maximum Gasteiger partial charge on any atom is 0.192 e. The second-order valence-corrected chi connectivity index (χ2v) is 5.25. The van der Waals surface area contributed by atoms with Crippen LogP contribution in [0.4, 0.5) is 0 Å². The van der Waals surface area contributed by atoms with Crippen molar-refractivity contribution in [3.63, 3.8) is 0 Å². The summed E-state index contributed by atoms with van der Waals surface area (Å²) in [4.78, 5) is 24.4. The summed E-state index contributed by atoms with van der Waals surface area (Å²) in [5.74, 6) is 0.453. The lowest BCUT2D eigenvalue weighted by Gasteiger charge is -2.15. The molecule has 0 saturated heterocycles. The van der Waals surface area contributed by atoms with Gasteiger partial charge in [0, 0.05) is 16.7 Å². The van der Waals surface area contributed by atoms with Crippen LogP contribution in [0.5, 0.6) is 5.75 Å². The Morgan fingerprint density at radius 2 is 1.70 bits per heavy atom. The molecule has 4 nitrogen and oxygen atoms in total. The first-order valence-corrected chi connectivity index (χ1v) is 7.28. The maximum atomic E-state index is 12.4. The van der Waals surface area contributed by atoms with Crippen LogP contribution in [-0.4, -0.2) is 25.3 Å². The number of carbonyl (C=O) groups excluding carboxylic acids is 2. The zero-order chi connectivity index (χ0) is 16.2. The Balaban J connectivity index is 1.67. The average molecular weight is 308 g/mol. The van der Waals surface area contributed by atoms with E-state index in [0.717, 1.165) is 11.3 Å². The summed E-state index contributed by atoms with van der Waals surface area (Å²) in [7, 11) is 1.61. The molecule has 0 aromatic heterocycles. The fourth-order valence-electron chi connectivity index (χ4n) is 2.52. The number of hydrogen-bond donors (Lipinski definition) is 0. The van der Waals surface area contributed by atoms with Crippen molar-refractivity contribution in [3.8, 4) is 5.75 Å². The van der Waals surface area contributed by atoms with E-state index in [4.69, 9.17) is 9.47 Å². The van der Waals surface area contributed by atoms with Crippen molar-refractivity contribution >= 4 is 11.6 Å².